The summed E-state index contributed by atoms with van der Waals surface area (Å²) < 4.78 is 10.7. The molecule has 1 N–H and O–H groups in total. The fraction of sp³-hybridized carbons (Fsp3) is 0.125. The molecule has 8 nitrogen and oxygen atoms in total. The number of hydrogen-bond acceptors (Lipinski definition) is 7. The van der Waals surface area contributed by atoms with Gasteiger partial charge in [-0.05, 0) is 23.8 Å². The average molecular weight is 363 g/mol. The average Bonchev–Trinajstić information content (AvgIpc) is 2.61. The Morgan fingerprint density at radius 1 is 1.48 bits per heavy atom. The van der Waals surface area contributed by atoms with Gasteiger partial charge in [0.05, 0.1) is 23.3 Å². The maximum Gasteiger partial charge on any atom is 0.287 e. The normalized spacial score (nSPS) is 10.5. The van der Waals surface area contributed by atoms with Crippen molar-refractivity contribution in [2.75, 3.05) is 19.1 Å². The molecule has 0 saturated carbocycles. The Hall–Kier alpha value is -3.13. The number of hydrogen-bond donors (Lipinski definition) is 1. The Morgan fingerprint density at radius 2 is 2.28 bits per heavy atom. The summed E-state index contributed by atoms with van der Waals surface area (Å²) in [5.74, 6) is 1.25. The molecule has 0 fully saturated rings. The van der Waals surface area contributed by atoms with Gasteiger partial charge in [0.2, 0.25) is 0 Å². The van der Waals surface area contributed by atoms with E-state index in [0.717, 1.165) is 6.20 Å². The summed E-state index contributed by atoms with van der Waals surface area (Å²) in [5.41, 5.74) is 3.25. The Balaban J connectivity index is 2.11. The molecular weight excluding hydrogens is 348 g/mol. The van der Waals surface area contributed by atoms with E-state index in [1.807, 2.05) is 0 Å². The smallest absolute Gasteiger partial charge is 0.287 e. The van der Waals surface area contributed by atoms with Gasteiger partial charge in [0.15, 0.2) is 11.5 Å². The lowest BCUT2D eigenvalue weighted by atomic mass is 10.2. The number of pyridine rings is 1. The molecule has 0 spiro atoms. The van der Waals surface area contributed by atoms with Crippen LogP contribution in [0, 0.1) is 10.1 Å². The zero-order valence-electron chi connectivity index (χ0n) is 13.3. The van der Waals surface area contributed by atoms with E-state index in [4.69, 9.17) is 21.1 Å². The summed E-state index contributed by atoms with van der Waals surface area (Å²) in [7, 11) is 1.51. The minimum Gasteiger partial charge on any atom is -0.493 e. The fourth-order valence-electron chi connectivity index (χ4n) is 1.83. The van der Waals surface area contributed by atoms with Gasteiger partial charge in [-0.3, -0.25) is 15.5 Å². The van der Waals surface area contributed by atoms with Gasteiger partial charge < -0.3 is 9.47 Å². The Morgan fingerprint density at radius 3 is 2.88 bits per heavy atom. The van der Waals surface area contributed by atoms with Gasteiger partial charge in [0.1, 0.15) is 18.6 Å². The fourth-order valence-corrected chi connectivity index (χ4v) is 2.10. The first-order valence-corrected chi connectivity index (χ1v) is 7.43. The van der Waals surface area contributed by atoms with Crippen molar-refractivity contribution >= 4 is 29.3 Å². The van der Waals surface area contributed by atoms with Crippen LogP contribution in [0.5, 0.6) is 11.5 Å². The van der Waals surface area contributed by atoms with Crippen molar-refractivity contribution in [3.63, 3.8) is 0 Å². The first-order valence-electron chi connectivity index (χ1n) is 7.06. The molecule has 0 aliphatic rings. The Labute approximate surface area is 148 Å². The molecule has 0 amide bonds. The van der Waals surface area contributed by atoms with Crippen LogP contribution < -0.4 is 14.9 Å². The molecule has 0 atom stereocenters. The second kappa shape index (κ2) is 8.65. The lowest BCUT2D eigenvalue weighted by Gasteiger charge is -2.11. The molecule has 2 rings (SSSR count). The standard InChI is InChI=1S/C16H15ClN4O4/c1-3-6-25-16-13(17)7-11(8-14(16)24-2)9-19-20-15-5-4-12(10-18-15)21(22)23/h3-5,7-10H,1,6H2,2H3,(H,18,20)/b19-9+. The predicted molar refractivity (Wildman–Crippen MR) is 95.8 cm³/mol. The van der Waals surface area contributed by atoms with Crippen LogP contribution in [0.15, 0.2) is 48.2 Å². The number of benzene rings is 1. The number of rotatable bonds is 8. The molecule has 0 aliphatic heterocycles. The van der Waals surface area contributed by atoms with Gasteiger partial charge >= 0.3 is 0 Å². The van der Waals surface area contributed by atoms with Crippen molar-refractivity contribution in [1.82, 2.24) is 4.98 Å². The zero-order valence-corrected chi connectivity index (χ0v) is 14.1. The highest BCUT2D eigenvalue weighted by molar-refractivity contribution is 6.32. The van der Waals surface area contributed by atoms with Gasteiger partial charge in [-0.1, -0.05) is 24.3 Å². The van der Waals surface area contributed by atoms with Gasteiger partial charge in [-0.25, -0.2) is 4.98 Å². The topological polar surface area (TPSA) is 98.9 Å². The molecule has 0 radical (unpaired) electrons. The lowest BCUT2D eigenvalue weighted by molar-refractivity contribution is -0.385. The minimum absolute atomic E-state index is 0.0961. The number of ether oxygens (including phenoxy) is 2. The second-order valence-corrected chi connectivity index (χ2v) is 5.07. The molecule has 130 valence electrons. The first kappa shape index (κ1) is 18.2. The van der Waals surface area contributed by atoms with E-state index >= 15 is 0 Å². The molecule has 0 aliphatic carbocycles. The molecule has 0 unspecified atom stereocenters. The van der Waals surface area contributed by atoms with Crippen molar-refractivity contribution in [3.05, 3.63) is 63.8 Å². The van der Waals surface area contributed by atoms with E-state index in [9.17, 15) is 10.1 Å². The number of anilines is 1. The summed E-state index contributed by atoms with van der Waals surface area (Å²) in [4.78, 5) is 13.9. The first-order chi connectivity index (χ1) is 12.0. The van der Waals surface area contributed by atoms with E-state index in [1.165, 1.54) is 25.5 Å². The number of hydrazone groups is 1. The third-order valence-electron chi connectivity index (χ3n) is 2.95. The number of aromatic nitrogens is 1. The minimum atomic E-state index is -0.523. The summed E-state index contributed by atoms with van der Waals surface area (Å²) in [6.45, 7) is 3.88. The number of nitrogens with one attached hydrogen (secondary N) is 1. The van der Waals surface area contributed by atoms with Gasteiger partial charge in [-0.15, -0.1) is 0 Å². The number of nitrogens with zero attached hydrogens (tertiary/aromatic N) is 3. The quantitative estimate of drug-likeness (QED) is 0.333. The Bertz CT molecular complexity index is 793. The number of nitro groups is 1. The van der Waals surface area contributed by atoms with Crippen molar-refractivity contribution in [2.24, 2.45) is 5.10 Å². The molecule has 0 saturated heterocycles. The maximum atomic E-state index is 10.6. The zero-order chi connectivity index (χ0) is 18.2. The SMILES string of the molecule is C=CCOc1c(Cl)cc(/C=N/Nc2ccc([N+](=O)[O-])cn2)cc1OC. The highest BCUT2D eigenvalue weighted by Gasteiger charge is 2.11. The predicted octanol–water partition coefficient (Wildman–Crippen LogP) is 3.66. The van der Waals surface area contributed by atoms with E-state index in [-0.39, 0.29) is 5.69 Å². The van der Waals surface area contributed by atoms with E-state index in [1.54, 1.807) is 18.2 Å². The van der Waals surface area contributed by atoms with E-state index < -0.39 is 4.92 Å². The van der Waals surface area contributed by atoms with Crippen LogP contribution in [0.2, 0.25) is 5.02 Å². The van der Waals surface area contributed by atoms with Crippen molar-refractivity contribution in [2.45, 2.75) is 0 Å². The van der Waals surface area contributed by atoms with Gasteiger partial charge in [0, 0.05) is 6.07 Å². The van der Waals surface area contributed by atoms with Crippen molar-refractivity contribution in [3.8, 4) is 11.5 Å². The van der Waals surface area contributed by atoms with Crippen LogP contribution >= 0.6 is 11.6 Å². The van der Waals surface area contributed by atoms with Crippen LogP contribution in [0.3, 0.4) is 0 Å². The monoisotopic (exact) mass is 362 g/mol. The summed E-state index contributed by atoms with van der Waals surface area (Å²) in [6, 6.07) is 6.15. The Kier molecular flexibility index (Phi) is 6.30. The third-order valence-corrected chi connectivity index (χ3v) is 3.23. The van der Waals surface area contributed by atoms with Crippen molar-refractivity contribution < 1.29 is 14.4 Å². The summed E-state index contributed by atoms with van der Waals surface area (Å²) >= 11 is 6.19. The van der Waals surface area contributed by atoms with Crippen LogP contribution in [0.4, 0.5) is 11.5 Å². The lowest BCUT2D eigenvalue weighted by Crippen LogP contribution is -1.99. The van der Waals surface area contributed by atoms with E-state index in [2.05, 4.69) is 22.1 Å². The summed E-state index contributed by atoms with van der Waals surface area (Å²) in [6.07, 6.45) is 4.25. The largest absolute Gasteiger partial charge is 0.493 e. The third kappa shape index (κ3) is 4.92. The van der Waals surface area contributed by atoms with Crippen LogP contribution in [-0.2, 0) is 0 Å². The molecule has 0 bridgehead atoms. The van der Waals surface area contributed by atoms with Crippen LogP contribution in [-0.4, -0.2) is 29.8 Å². The maximum absolute atomic E-state index is 10.6. The van der Waals surface area contributed by atoms with E-state index in [0.29, 0.717) is 34.5 Å². The highest BCUT2D eigenvalue weighted by Crippen LogP contribution is 2.36. The molecule has 25 heavy (non-hydrogen) atoms. The molecule has 2 aromatic rings. The molecule has 1 aromatic carbocycles. The van der Waals surface area contributed by atoms with Gasteiger partial charge in [-0.2, -0.15) is 5.10 Å². The molecule has 1 aromatic heterocycles. The molecule has 1 heterocycles. The second-order valence-electron chi connectivity index (χ2n) is 4.66. The summed E-state index contributed by atoms with van der Waals surface area (Å²) in [5, 5.41) is 15.0. The van der Waals surface area contributed by atoms with Gasteiger partial charge in [0.25, 0.3) is 5.69 Å². The van der Waals surface area contributed by atoms with Crippen LogP contribution in [0.1, 0.15) is 5.56 Å². The molecular formula is C16H15ClN4O4. The van der Waals surface area contributed by atoms with Crippen LogP contribution in [0.25, 0.3) is 0 Å². The molecule has 9 heteroatoms. The number of methoxy groups -OCH3 is 1. The highest BCUT2D eigenvalue weighted by atomic mass is 35.5. The number of halogens is 1. The van der Waals surface area contributed by atoms with Crippen molar-refractivity contribution in [1.29, 1.82) is 0 Å².